The van der Waals surface area contributed by atoms with Crippen LogP contribution in [-0.2, 0) is 4.74 Å². The van der Waals surface area contributed by atoms with E-state index in [1.807, 2.05) is 6.07 Å². The number of ether oxygens (including phenoxy) is 1. The van der Waals surface area contributed by atoms with E-state index in [0.717, 1.165) is 12.2 Å². The molecule has 0 unspecified atom stereocenters. The Kier molecular flexibility index (Phi) is 3.96. The second-order valence-corrected chi connectivity index (χ2v) is 6.25. The maximum Gasteiger partial charge on any atom is 0.256 e. The molecule has 0 saturated carbocycles. The lowest BCUT2D eigenvalue weighted by atomic mass is 10.00. The van der Waals surface area contributed by atoms with Gasteiger partial charge in [-0.3, -0.25) is 9.89 Å². The lowest BCUT2D eigenvalue weighted by Gasteiger charge is -2.24. The Hall–Kier alpha value is -2.74. The number of amides is 1. The number of aromatic nitrogens is 4. The number of oxazole rings is 1. The lowest BCUT2D eigenvalue weighted by molar-refractivity contribution is 0.0551. The molecule has 1 aliphatic rings. The smallest absolute Gasteiger partial charge is 0.256 e. The molecule has 1 amide bonds. The van der Waals surface area contributed by atoms with E-state index in [1.165, 1.54) is 6.33 Å². The van der Waals surface area contributed by atoms with E-state index >= 15 is 0 Å². The van der Waals surface area contributed by atoms with Gasteiger partial charge in [-0.05, 0) is 18.6 Å². The number of aryl methyl sites for hydroxylation is 1. The van der Waals surface area contributed by atoms with Gasteiger partial charge in [0.05, 0.1) is 11.7 Å². The number of nitrogens with one attached hydrogen (secondary N) is 1. The summed E-state index contributed by atoms with van der Waals surface area (Å²) < 4.78 is 11.3. The molecule has 2 atom stereocenters. The van der Waals surface area contributed by atoms with Gasteiger partial charge in [-0.1, -0.05) is 6.07 Å². The SMILES string of the molecule is Cc1nc2c(C(=O)N(C)C[C@H]3OCC[C@H]3c3ncn[nH]3)cccc2o1. The van der Waals surface area contributed by atoms with Gasteiger partial charge in [0.1, 0.15) is 17.7 Å². The Bertz CT molecular complexity index is 889. The summed E-state index contributed by atoms with van der Waals surface area (Å²) in [7, 11) is 1.77. The molecule has 0 spiro atoms. The van der Waals surface area contributed by atoms with Crippen molar-refractivity contribution in [2.75, 3.05) is 20.2 Å². The summed E-state index contributed by atoms with van der Waals surface area (Å²) in [5, 5.41) is 6.81. The van der Waals surface area contributed by atoms with Gasteiger partial charge in [0.2, 0.25) is 0 Å². The first-order chi connectivity index (χ1) is 12.1. The molecule has 1 saturated heterocycles. The number of para-hydroxylation sites is 1. The van der Waals surface area contributed by atoms with Crippen LogP contribution in [0.25, 0.3) is 11.1 Å². The van der Waals surface area contributed by atoms with Crippen LogP contribution >= 0.6 is 0 Å². The third-order valence-electron chi connectivity index (χ3n) is 4.55. The van der Waals surface area contributed by atoms with Crippen molar-refractivity contribution in [2.24, 2.45) is 0 Å². The molecule has 4 rings (SSSR count). The van der Waals surface area contributed by atoms with E-state index in [-0.39, 0.29) is 17.9 Å². The zero-order valence-electron chi connectivity index (χ0n) is 14.1. The van der Waals surface area contributed by atoms with Crippen molar-refractivity contribution in [3.8, 4) is 0 Å². The van der Waals surface area contributed by atoms with Crippen LogP contribution in [0, 0.1) is 6.92 Å². The number of hydrogen-bond acceptors (Lipinski definition) is 6. The van der Waals surface area contributed by atoms with E-state index in [4.69, 9.17) is 9.15 Å². The molecule has 3 aromatic rings. The minimum absolute atomic E-state index is 0.106. The highest BCUT2D eigenvalue weighted by Gasteiger charge is 2.33. The monoisotopic (exact) mass is 341 g/mol. The quantitative estimate of drug-likeness (QED) is 0.778. The first-order valence-electron chi connectivity index (χ1n) is 8.22. The first kappa shape index (κ1) is 15.8. The minimum atomic E-state index is -0.111. The number of aromatic amines is 1. The van der Waals surface area contributed by atoms with Gasteiger partial charge < -0.3 is 14.1 Å². The Morgan fingerprint density at radius 1 is 1.44 bits per heavy atom. The number of fused-ring (bicyclic) bond motifs is 1. The third kappa shape index (κ3) is 2.89. The summed E-state index contributed by atoms with van der Waals surface area (Å²) >= 11 is 0. The van der Waals surface area contributed by atoms with Crippen LogP contribution < -0.4 is 0 Å². The molecule has 2 aromatic heterocycles. The molecule has 1 N–H and O–H groups in total. The predicted molar refractivity (Wildman–Crippen MR) is 89.2 cm³/mol. The van der Waals surface area contributed by atoms with Crippen LogP contribution in [0.5, 0.6) is 0 Å². The number of nitrogens with zero attached hydrogens (tertiary/aromatic N) is 4. The van der Waals surface area contributed by atoms with Crippen LogP contribution in [0.3, 0.4) is 0 Å². The molecular weight excluding hydrogens is 322 g/mol. The molecule has 3 heterocycles. The highest BCUT2D eigenvalue weighted by atomic mass is 16.5. The first-order valence-corrected chi connectivity index (χ1v) is 8.22. The summed E-state index contributed by atoms with van der Waals surface area (Å²) in [5.41, 5.74) is 1.75. The van der Waals surface area contributed by atoms with Gasteiger partial charge in [0.25, 0.3) is 5.91 Å². The van der Waals surface area contributed by atoms with E-state index < -0.39 is 0 Å². The van der Waals surface area contributed by atoms with Crippen LogP contribution in [0.15, 0.2) is 28.9 Å². The third-order valence-corrected chi connectivity index (χ3v) is 4.55. The highest BCUT2D eigenvalue weighted by molar-refractivity contribution is 6.04. The average Bonchev–Trinajstić information content (AvgIpc) is 3.32. The number of carbonyl (C=O) groups is 1. The van der Waals surface area contributed by atoms with Crippen LogP contribution in [0.1, 0.15) is 34.4 Å². The fraction of sp³-hybridized carbons (Fsp3) is 0.412. The number of benzene rings is 1. The fourth-order valence-electron chi connectivity index (χ4n) is 3.33. The lowest BCUT2D eigenvalue weighted by Crippen LogP contribution is -2.36. The largest absolute Gasteiger partial charge is 0.441 e. The van der Waals surface area contributed by atoms with Gasteiger partial charge in [0, 0.05) is 33.0 Å². The number of likely N-dealkylation sites (N-methyl/N-ethyl adjacent to an activating group) is 1. The van der Waals surface area contributed by atoms with Crippen molar-refractivity contribution in [1.82, 2.24) is 25.1 Å². The van der Waals surface area contributed by atoms with E-state index in [2.05, 4.69) is 20.2 Å². The van der Waals surface area contributed by atoms with Crippen LogP contribution in [0.4, 0.5) is 0 Å². The number of H-pyrrole nitrogens is 1. The molecule has 0 bridgehead atoms. The fourth-order valence-corrected chi connectivity index (χ4v) is 3.33. The van der Waals surface area contributed by atoms with Gasteiger partial charge in [0.15, 0.2) is 11.5 Å². The normalized spacial score (nSPS) is 20.2. The molecule has 1 fully saturated rings. The second kappa shape index (κ2) is 6.29. The summed E-state index contributed by atoms with van der Waals surface area (Å²) in [5.74, 6) is 1.36. The molecule has 8 nitrogen and oxygen atoms in total. The Morgan fingerprint density at radius 2 is 2.32 bits per heavy atom. The van der Waals surface area contributed by atoms with Crippen molar-refractivity contribution in [2.45, 2.75) is 25.4 Å². The van der Waals surface area contributed by atoms with Crippen molar-refractivity contribution >= 4 is 17.0 Å². The predicted octanol–water partition coefficient (Wildman–Crippen LogP) is 1.90. The number of carbonyl (C=O) groups excluding carboxylic acids is 1. The maximum atomic E-state index is 12.9. The standard InChI is InChI=1S/C17H19N5O3/c1-10-20-15-12(4-3-5-13(15)25-10)17(23)22(2)8-14-11(6-7-24-14)16-18-9-19-21-16/h3-5,9,11,14H,6-8H2,1-2H3,(H,18,19,21)/t11-,14-/m1/s1. The molecule has 0 radical (unpaired) electrons. The molecule has 0 aliphatic carbocycles. The molecule has 1 aromatic carbocycles. The second-order valence-electron chi connectivity index (χ2n) is 6.25. The average molecular weight is 341 g/mol. The van der Waals surface area contributed by atoms with Crippen molar-refractivity contribution in [3.05, 3.63) is 41.8 Å². The molecule has 1 aliphatic heterocycles. The van der Waals surface area contributed by atoms with Crippen molar-refractivity contribution < 1.29 is 13.9 Å². The van der Waals surface area contributed by atoms with Gasteiger partial charge >= 0.3 is 0 Å². The Balaban J connectivity index is 1.54. The molecular formula is C17H19N5O3. The summed E-state index contributed by atoms with van der Waals surface area (Å²) in [6.45, 7) is 2.89. The van der Waals surface area contributed by atoms with Crippen LogP contribution in [0.2, 0.25) is 0 Å². The minimum Gasteiger partial charge on any atom is -0.441 e. The van der Waals surface area contributed by atoms with Crippen LogP contribution in [-0.4, -0.2) is 57.3 Å². The van der Waals surface area contributed by atoms with E-state index in [1.54, 1.807) is 31.0 Å². The Morgan fingerprint density at radius 3 is 3.12 bits per heavy atom. The summed E-state index contributed by atoms with van der Waals surface area (Å²) in [4.78, 5) is 23.1. The Labute approximate surface area is 144 Å². The van der Waals surface area contributed by atoms with Crippen molar-refractivity contribution in [1.29, 1.82) is 0 Å². The van der Waals surface area contributed by atoms with Gasteiger partial charge in [-0.25, -0.2) is 9.97 Å². The topological polar surface area (TPSA) is 97.1 Å². The zero-order valence-corrected chi connectivity index (χ0v) is 14.1. The summed E-state index contributed by atoms with van der Waals surface area (Å²) in [6, 6.07) is 5.39. The van der Waals surface area contributed by atoms with E-state index in [0.29, 0.717) is 35.7 Å². The van der Waals surface area contributed by atoms with Crippen molar-refractivity contribution in [3.63, 3.8) is 0 Å². The molecule has 25 heavy (non-hydrogen) atoms. The van der Waals surface area contributed by atoms with Gasteiger partial charge in [-0.15, -0.1) is 0 Å². The summed E-state index contributed by atoms with van der Waals surface area (Å²) in [6.07, 6.45) is 2.24. The van der Waals surface area contributed by atoms with E-state index in [9.17, 15) is 4.79 Å². The molecule has 8 heteroatoms. The zero-order chi connectivity index (χ0) is 17.4. The molecule has 130 valence electrons. The van der Waals surface area contributed by atoms with Gasteiger partial charge in [-0.2, -0.15) is 5.10 Å². The number of hydrogen-bond donors (Lipinski definition) is 1. The highest BCUT2D eigenvalue weighted by Crippen LogP contribution is 2.29. The maximum absolute atomic E-state index is 12.9. The number of rotatable bonds is 4.